The molecule has 2 fully saturated rings. The van der Waals surface area contributed by atoms with Gasteiger partial charge in [0.2, 0.25) is 0 Å². The Balaban J connectivity index is 1.87. The molecule has 13 heavy (non-hydrogen) atoms. The maximum atomic E-state index is 5.88. The quantitative estimate of drug-likeness (QED) is 0.698. The zero-order valence-electron chi connectivity index (χ0n) is 7.44. The molecule has 1 N–H and O–H groups in total. The first kappa shape index (κ1) is 7.54. The van der Waals surface area contributed by atoms with Gasteiger partial charge in [0, 0.05) is 12.6 Å². The van der Waals surface area contributed by atoms with Crippen molar-refractivity contribution in [3.63, 3.8) is 0 Å². The number of nitrogens with one attached hydrogen (secondary N) is 1. The van der Waals surface area contributed by atoms with Crippen molar-refractivity contribution in [3.8, 4) is 0 Å². The Morgan fingerprint density at radius 3 is 2.69 bits per heavy atom. The second-order valence-corrected chi connectivity index (χ2v) is 3.84. The van der Waals surface area contributed by atoms with Crippen LogP contribution in [0.2, 0.25) is 0 Å². The molecular formula is C11H13NO. The molecule has 0 spiro atoms. The van der Waals surface area contributed by atoms with Crippen LogP contribution in [0.25, 0.3) is 0 Å². The fourth-order valence-corrected chi connectivity index (χ4v) is 2.32. The summed E-state index contributed by atoms with van der Waals surface area (Å²) in [6.07, 6.45) is 1.93. The summed E-state index contributed by atoms with van der Waals surface area (Å²) >= 11 is 0. The Morgan fingerprint density at radius 1 is 1.23 bits per heavy atom. The molecule has 0 aromatic heterocycles. The molecule has 2 aliphatic rings. The molecule has 1 aromatic carbocycles. The summed E-state index contributed by atoms with van der Waals surface area (Å²) < 4.78 is 5.88. The van der Waals surface area contributed by atoms with Crippen molar-refractivity contribution < 1.29 is 4.74 Å². The van der Waals surface area contributed by atoms with E-state index in [-0.39, 0.29) is 0 Å². The van der Waals surface area contributed by atoms with Gasteiger partial charge in [-0.2, -0.15) is 0 Å². The second-order valence-electron chi connectivity index (χ2n) is 3.84. The zero-order chi connectivity index (χ0) is 8.67. The van der Waals surface area contributed by atoms with Crippen LogP contribution < -0.4 is 5.32 Å². The standard InChI is InChI=1S/C11H13NO/c1-2-4-8(5-3-1)11-10-6-9(13-11)7-12-10/h1-5,9-12H,6-7H2/t9-,10-,11+/m0/s1. The van der Waals surface area contributed by atoms with Crippen LogP contribution in [-0.2, 0) is 4.74 Å². The van der Waals surface area contributed by atoms with Crippen LogP contribution in [0.15, 0.2) is 30.3 Å². The molecule has 2 heterocycles. The third-order valence-electron chi connectivity index (χ3n) is 2.96. The number of rotatable bonds is 1. The highest BCUT2D eigenvalue weighted by molar-refractivity contribution is 5.21. The highest BCUT2D eigenvalue weighted by Crippen LogP contribution is 2.36. The Bertz CT molecular complexity index is 298. The monoisotopic (exact) mass is 175 g/mol. The van der Waals surface area contributed by atoms with Crippen molar-refractivity contribution >= 4 is 0 Å². The van der Waals surface area contributed by atoms with Gasteiger partial charge in [0.05, 0.1) is 12.2 Å². The summed E-state index contributed by atoms with van der Waals surface area (Å²) in [6, 6.07) is 11.0. The van der Waals surface area contributed by atoms with Gasteiger partial charge in [-0.3, -0.25) is 0 Å². The van der Waals surface area contributed by atoms with Crippen LogP contribution in [0.3, 0.4) is 0 Å². The molecule has 1 aromatic rings. The van der Waals surface area contributed by atoms with Crippen LogP contribution >= 0.6 is 0 Å². The number of morpholine rings is 1. The van der Waals surface area contributed by atoms with Crippen LogP contribution in [0.4, 0.5) is 0 Å². The summed E-state index contributed by atoms with van der Waals surface area (Å²) in [6.45, 7) is 1.04. The zero-order valence-corrected chi connectivity index (χ0v) is 7.44. The van der Waals surface area contributed by atoms with Crippen molar-refractivity contribution in [1.82, 2.24) is 5.32 Å². The smallest absolute Gasteiger partial charge is 0.0983 e. The Labute approximate surface area is 77.9 Å². The van der Waals surface area contributed by atoms with Crippen LogP contribution in [0.5, 0.6) is 0 Å². The van der Waals surface area contributed by atoms with Crippen LogP contribution in [-0.4, -0.2) is 18.7 Å². The normalized spacial score (nSPS) is 36.8. The lowest BCUT2D eigenvalue weighted by Gasteiger charge is -2.23. The van der Waals surface area contributed by atoms with E-state index < -0.39 is 0 Å². The summed E-state index contributed by atoms with van der Waals surface area (Å²) in [4.78, 5) is 0. The Morgan fingerprint density at radius 2 is 2.08 bits per heavy atom. The summed E-state index contributed by atoms with van der Waals surface area (Å²) in [5.41, 5.74) is 1.31. The number of fused-ring (bicyclic) bond motifs is 2. The lowest BCUT2D eigenvalue weighted by molar-refractivity contribution is 0.0160. The molecule has 0 saturated carbocycles. The van der Waals surface area contributed by atoms with E-state index in [1.807, 2.05) is 6.07 Å². The van der Waals surface area contributed by atoms with E-state index in [1.54, 1.807) is 0 Å². The number of hydrogen-bond acceptors (Lipinski definition) is 2. The predicted molar refractivity (Wildman–Crippen MR) is 50.5 cm³/mol. The molecule has 0 unspecified atom stereocenters. The molecule has 0 radical (unpaired) electrons. The van der Waals surface area contributed by atoms with E-state index >= 15 is 0 Å². The number of hydrogen-bond donors (Lipinski definition) is 1. The van der Waals surface area contributed by atoms with Gasteiger partial charge in [-0.25, -0.2) is 0 Å². The van der Waals surface area contributed by atoms with Crippen LogP contribution in [0, 0.1) is 0 Å². The molecule has 2 heteroatoms. The minimum atomic E-state index is 0.292. The average molecular weight is 175 g/mol. The van der Waals surface area contributed by atoms with Gasteiger partial charge >= 0.3 is 0 Å². The fourth-order valence-electron chi connectivity index (χ4n) is 2.32. The lowest BCUT2D eigenvalue weighted by Crippen LogP contribution is -2.33. The maximum Gasteiger partial charge on any atom is 0.0983 e. The summed E-state index contributed by atoms with van der Waals surface area (Å²) in [5, 5.41) is 3.48. The molecule has 2 nitrogen and oxygen atoms in total. The molecular weight excluding hydrogens is 162 g/mol. The van der Waals surface area contributed by atoms with E-state index in [2.05, 4.69) is 29.6 Å². The van der Waals surface area contributed by atoms with Gasteiger partial charge in [0.15, 0.2) is 0 Å². The topological polar surface area (TPSA) is 21.3 Å². The molecule has 2 saturated heterocycles. The van der Waals surface area contributed by atoms with Crippen molar-refractivity contribution in [1.29, 1.82) is 0 Å². The van der Waals surface area contributed by atoms with Crippen LogP contribution in [0.1, 0.15) is 18.1 Å². The molecule has 3 rings (SSSR count). The van der Waals surface area contributed by atoms with Gasteiger partial charge in [-0.15, -0.1) is 0 Å². The highest BCUT2D eigenvalue weighted by Gasteiger charge is 2.40. The molecule has 3 atom stereocenters. The Kier molecular flexibility index (Phi) is 1.64. The first-order valence-corrected chi connectivity index (χ1v) is 4.87. The Hall–Kier alpha value is -0.860. The summed E-state index contributed by atoms with van der Waals surface area (Å²) in [7, 11) is 0. The lowest BCUT2D eigenvalue weighted by atomic mass is 10.0. The molecule has 0 amide bonds. The largest absolute Gasteiger partial charge is 0.367 e. The van der Waals surface area contributed by atoms with Crippen molar-refractivity contribution in [2.45, 2.75) is 24.7 Å². The van der Waals surface area contributed by atoms with Crippen molar-refractivity contribution in [2.24, 2.45) is 0 Å². The maximum absolute atomic E-state index is 5.88. The minimum Gasteiger partial charge on any atom is -0.367 e. The number of ether oxygens (including phenoxy) is 1. The van der Waals surface area contributed by atoms with Gasteiger partial charge < -0.3 is 10.1 Å². The number of benzene rings is 1. The second kappa shape index (κ2) is 2.82. The van der Waals surface area contributed by atoms with E-state index in [1.165, 1.54) is 12.0 Å². The minimum absolute atomic E-state index is 0.292. The molecule has 68 valence electrons. The first-order valence-electron chi connectivity index (χ1n) is 4.87. The van der Waals surface area contributed by atoms with Gasteiger partial charge in [-0.1, -0.05) is 30.3 Å². The predicted octanol–water partition coefficient (Wildman–Crippen LogP) is 1.49. The molecule has 2 bridgehead atoms. The van der Waals surface area contributed by atoms with E-state index in [9.17, 15) is 0 Å². The summed E-state index contributed by atoms with van der Waals surface area (Å²) in [5.74, 6) is 0. The average Bonchev–Trinajstić information content (AvgIpc) is 2.80. The van der Waals surface area contributed by atoms with Gasteiger partial charge in [0.25, 0.3) is 0 Å². The highest BCUT2D eigenvalue weighted by atomic mass is 16.5. The van der Waals surface area contributed by atoms with E-state index in [4.69, 9.17) is 4.74 Å². The first-order chi connectivity index (χ1) is 6.43. The van der Waals surface area contributed by atoms with Gasteiger partial charge in [0.1, 0.15) is 0 Å². The van der Waals surface area contributed by atoms with Gasteiger partial charge in [-0.05, 0) is 12.0 Å². The fraction of sp³-hybridized carbons (Fsp3) is 0.455. The SMILES string of the molecule is c1ccc([C@H]2O[C@@H]3CN[C@H]2C3)cc1. The third-order valence-corrected chi connectivity index (χ3v) is 2.96. The van der Waals surface area contributed by atoms with Crippen molar-refractivity contribution in [3.05, 3.63) is 35.9 Å². The van der Waals surface area contributed by atoms with E-state index in [0.29, 0.717) is 18.2 Å². The van der Waals surface area contributed by atoms with E-state index in [0.717, 1.165) is 6.54 Å². The third kappa shape index (κ3) is 1.18. The van der Waals surface area contributed by atoms with Crippen molar-refractivity contribution in [2.75, 3.05) is 6.54 Å². The molecule has 2 aliphatic heterocycles. The molecule has 0 aliphatic carbocycles.